The molecule has 0 aromatic heterocycles. The highest BCUT2D eigenvalue weighted by molar-refractivity contribution is 5.96. The first kappa shape index (κ1) is 18.8. The average Bonchev–Trinajstić information content (AvgIpc) is 2.62. The summed E-state index contributed by atoms with van der Waals surface area (Å²) in [5.74, 6) is -2.03. The Morgan fingerprint density at radius 3 is 2.58 bits per heavy atom. The monoisotopic (exact) mass is 361 g/mol. The quantitative estimate of drug-likeness (QED) is 0.465. The minimum atomic E-state index is -0.888. The van der Waals surface area contributed by atoms with Crippen molar-refractivity contribution >= 4 is 28.9 Å². The number of nitrogens with one attached hydrogen (secondary N) is 2. The number of ether oxygens (including phenoxy) is 1. The van der Waals surface area contributed by atoms with Crippen LogP contribution in [0.1, 0.15) is 15.9 Å². The zero-order valence-corrected chi connectivity index (χ0v) is 14.0. The fraction of sp³-hybridized carbons (Fsp3) is 0.176. The smallest absolute Gasteiger partial charge is 0.338 e. The SMILES string of the molecule is CNc1ccc(C(=O)OCC(=O)Nc2ccc(C)c(F)c2)cc1[N+](=O)[O-]. The summed E-state index contributed by atoms with van der Waals surface area (Å²) in [5, 5.41) is 16.0. The molecule has 0 atom stereocenters. The van der Waals surface area contributed by atoms with Gasteiger partial charge in [-0.25, -0.2) is 9.18 Å². The van der Waals surface area contributed by atoms with E-state index in [1.54, 1.807) is 6.92 Å². The third kappa shape index (κ3) is 4.53. The molecule has 2 aromatic carbocycles. The molecule has 0 fully saturated rings. The number of nitrogens with zero attached hydrogens (tertiary/aromatic N) is 1. The number of halogens is 1. The number of amides is 1. The third-order valence-corrected chi connectivity index (χ3v) is 3.49. The molecule has 0 saturated heterocycles. The molecule has 26 heavy (non-hydrogen) atoms. The van der Waals surface area contributed by atoms with E-state index in [1.165, 1.54) is 31.3 Å². The van der Waals surface area contributed by atoms with Crippen molar-refractivity contribution in [3.63, 3.8) is 0 Å². The van der Waals surface area contributed by atoms with Crippen molar-refractivity contribution in [2.24, 2.45) is 0 Å². The molecule has 0 saturated carbocycles. The molecule has 0 aliphatic carbocycles. The van der Waals surface area contributed by atoms with E-state index < -0.39 is 29.2 Å². The van der Waals surface area contributed by atoms with Gasteiger partial charge < -0.3 is 15.4 Å². The topological polar surface area (TPSA) is 111 Å². The Hall–Kier alpha value is -3.49. The first-order chi connectivity index (χ1) is 12.3. The second-order valence-electron chi connectivity index (χ2n) is 5.33. The van der Waals surface area contributed by atoms with Crippen molar-refractivity contribution in [3.8, 4) is 0 Å². The zero-order chi connectivity index (χ0) is 19.3. The Balaban J connectivity index is 1.99. The van der Waals surface area contributed by atoms with Crippen LogP contribution in [0.5, 0.6) is 0 Å². The summed E-state index contributed by atoms with van der Waals surface area (Å²) in [6.07, 6.45) is 0. The van der Waals surface area contributed by atoms with Gasteiger partial charge in [0.15, 0.2) is 6.61 Å². The summed E-state index contributed by atoms with van der Waals surface area (Å²) in [5.41, 5.74) is 0.543. The van der Waals surface area contributed by atoms with Crippen LogP contribution in [0.25, 0.3) is 0 Å². The van der Waals surface area contributed by atoms with Crippen molar-refractivity contribution in [2.75, 3.05) is 24.3 Å². The second kappa shape index (κ2) is 8.06. The average molecular weight is 361 g/mol. The number of nitro benzene ring substituents is 1. The van der Waals surface area contributed by atoms with E-state index in [4.69, 9.17) is 4.74 Å². The van der Waals surface area contributed by atoms with E-state index in [0.717, 1.165) is 12.1 Å². The van der Waals surface area contributed by atoms with Crippen molar-refractivity contribution in [3.05, 3.63) is 63.5 Å². The fourth-order valence-corrected chi connectivity index (χ4v) is 2.10. The zero-order valence-electron chi connectivity index (χ0n) is 14.0. The van der Waals surface area contributed by atoms with Crippen LogP contribution in [0, 0.1) is 22.9 Å². The highest BCUT2D eigenvalue weighted by Gasteiger charge is 2.18. The van der Waals surface area contributed by atoms with Crippen molar-refractivity contribution in [1.29, 1.82) is 0 Å². The van der Waals surface area contributed by atoms with Gasteiger partial charge in [0.25, 0.3) is 11.6 Å². The van der Waals surface area contributed by atoms with Crippen LogP contribution in [0.2, 0.25) is 0 Å². The molecule has 0 spiro atoms. The number of nitro groups is 1. The summed E-state index contributed by atoms with van der Waals surface area (Å²) in [6.45, 7) is 0.969. The second-order valence-corrected chi connectivity index (χ2v) is 5.33. The van der Waals surface area contributed by atoms with E-state index >= 15 is 0 Å². The highest BCUT2D eigenvalue weighted by atomic mass is 19.1. The molecule has 0 radical (unpaired) electrons. The maximum atomic E-state index is 13.4. The lowest BCUT2D eigenvalue weighted by atomic mass is 10.1. The van der Waals surface area contributed by atoms with Gasteiger partial charge in [-0.3, -0.25) is 14.9 Å². The van der Waals surface area contributed by atoms with Crippen molar-refractivity contribution < 1.29 is 23.6 Å². The predicted octanol–water partition coefficient (Wildman–Crippen LogP) is 2.88. The van der Waals surface area contributed by atoms with E-state index in [1.807, 2.05) is 0 Å². The van der Waals surface area contributed by atoms with Crippen LogP contribution in [-0.4, -0.2) is 30.5 Å². The number of benzene rings is 2. The maximum absolute atomic E-state index is 13.4. The molecule has 136 valence electrons. The van der Waals surface area contributed by atoms with Gasteiger partial charge in [0, 0.05) is 18.8 Å². The lowest BCUT2D eigenvalue weighted by molar-refractivity contribution is -0.384. The van der Waals surface area contributed by atoms with E-state index in [0.29, 0.717) is 5.56 Å². The minimum Gasteiger partial charge on any atom is -0.452 e. The van der Waals surface area contributed by atoms with Crippen LogP contribution >= 0.6 is 0 Å². The molecule has 2 rings (SSSR count). The number of carbonyl (C=O) groups is 2. The lowest BCUT2D eigenvalue weighted by Crippen LogP contribution is -2.21. The maximum Gasteiger partial charge on any atom is 0.338 e. The number of aryl methyl sites for hydroxylation is 1. The Morgan fingerprint density at radius 1 is 1.23 bits per heavy atom. The molecule has 2 aromatic rings. The third-order valence-electron chi connectivity index (χ3n) is 3.49. The van der Waals surface area contributed by atoms with E-state index in [2.05, 4.69) is 10.6 Å². The first-order valence-electron chi connectivity index (χ1n) is 7.51. The minimum absolute atomic E-state index is 0.0649. The molecule has 0 aliphatic heterocycles. The largest absolute Gasteiger partial charge is 0.452 e. The van der Waals surface area contributed by atoms with Gasteiger partial charge in [-0.15, -0.1) is 0 Å². The van der Waals surface area contributed by atoms with Gasteiger partial charge in [-0.2, -0.15) is 0 Å². The molecule has 0 aliphatic rings. The Morgan fingerprint density at radius 2 is 1.96 bits per heavy atom. The number of anilines is 2. The number of carbonyl (C=O) groups excluding carboxylic acids is 2. The predicted molar refractivity (Wildman–Crippen MR) is 92.7 cm³/mol. The van der Waals surface area contributed by atoms with Gasteiger partial charge in [-0.1, -0.05) is 6.07 Å². The fourth-order valence-electron chi connectivity index (χ4n) is 2.10. The number of rotatable bonds is 6. The van der Waals surface area contributed by atoms with Crippen LogP contribution < -0.4 is 10.6 Å². The van der Waals surface area contributed by atoms with Gasteiger partial charge in [0.2, 0.25) is 0 Å². The summed E-state index contributed by atoms with van der Waals surface area (Å²) < 4.78 is 18.3. The Labute approximate surface area is 148 Å². The van der Waals surface area contributed by atoms with Crippen molar-refractivity contribution in [1.82, 2.24) is 0 Å². The summed E-state index contributed by atoms with van der Waals surface area (Å²) in [6, 6.07) is 7.92. The molecule has 1 amide bonds. The molecular weight excluding hydrogens is 345 g/mol. The molecular formula is C17H16FN3O5. The standard InChI is InChI=1S/C17H16FN3O5/c1-10-3-5-12(8-13(10)18)20-16(22)9-26-17(23)11-4-6-14(19-2)15(7-11)21(24)25/h3-8,19H,9H2,1-2H3,(H,20,22). The van der Waals surface area contributed by atoms with Crippen LogP contribution in [-0.2, 0) is 9.53 Å². The Kier molecular flexibility index (Phi) is 5.84. The Bertz CT molecular complexity index is 869. The van der Waals surface area contributed by atoms with Crippen LogP contribution in [0.3, 0.4) is 0 Å². The molecule has 2 N–H and O–H groups in total. The first-order valence-corrected chi connectivity index (χ1v) is 7.51. The number of hydrogen-bond donors (Lipinski definition) is 2. The van der Waals surface area contributed by atoms with E-state index in [9.17, 15) is 24.1 Å². The molecule has 0 unspecified atom stereocenters. The van der Waals surface area contributed by atoms with Crippen LogP contribution in [0.15, 0.2) is 36.4 Å². The highest BCUT2D eigenvalue weighted by Crippen LogP contribution is 2.25. The van der Waals surface area contributed by atoms with Crippen molar-refractivity contribution in [2.45, 2.75) is 6.92 Å². The van der Waals surface area contributed by atoms with E-state index in [-0.39, 0.29) is 22.6 Å². The van der Waals surface area contributed by atoms with Crippen LogP contribution in [0.4, 0.5) is 21.5 Å². The molecule has 8 nitrogen and oxygen atoms in total. The normalized spacial score (nSPS) is 10.1. The van der Waals surface area contributed by atoms with Gasteiger partial charge in [0.05, 0.1) is 10.5 Å². The van der Waals surface area contributed by atoms with Gasteiger partial charge in [-0.05, 0) is 36.8 Å². The molecule has 0 heterocycles. The molecule has 0 bridgehead atoms. The summed E-state index contributed by atoms with van der Waals surface area (Å²) in [7, 11) is 1.51. The van der Waals surface area contributed by atoms with Gasteiger partial charge >= 0.3 is 5.97 Å². The number of hydrogen-bond acceptors (Lipinski definition) is 6. The molecule has 9 heteroatoms. The summed E-state index contributed by atoms with van der Waals surface area (Å²) >= 11 is 0. The van der Waals surface area contributed by atoms with Gasteiger partial charge in [0.1, 0.15) is 11.5 Å². The lowest BCUT2D eigenvalue weighted by Gasteiger charge is -2.08. The number of esters is 1. The summed E-state index contributed by atoms with van der Waals surface area (Å²) in [4.78, 5) is 34.1.